The van der Waals surface area contributed by atoms with Crippen LogP contribution in [0.25, 0.3) is 21.1 Å². The van der Waals surface area contributed by atoms with E-state index in [-0.39, 0.29) is 17.7 Å². The van der Waals surface area contributed by atoms with Crippen LogP contribution in [-0.2, 0) is 22.4 Å². The van der Waals surface area contributed by atoms with Gasteiger partial charge in [-0.3, -0.25) is 14.7 Å². The van der Waals surface area contributed by atoms with E-state index in [0.717, 1.165) is 51.9 Å². The molecule has 0 saturated carbocycles. The van der Waals surface area contributed by atoms with E-state index in [0.29, 0.717) is 26.2 Å². The number of fused-ring (bicyclic) bond motifs is 4. The number of amides is 2. The highest BCUT2D eigenvalue weighted by atomic mass is 32.1. The lowest BCUT2D eigenvalue weighted by molar-refractivity contribution is -0.141. The maximum absolute atomic E-state index is 13.2. The van der Waals surface area contributed by atoms with Gasteiger partial charge in [-0.25, -0.2) is 9.97 Å². The number of rotatable bonds is 3. The summed E-state index contributed by atoms with van der Waals surface area (Å²) in [6.45, 7) is 4.07. The molecule has 1 saturated heterocycles. The van der Waals surface area contributed by atoms with Crippen LogP contribution in [0.5, 0.6) is 0 Å². The van der Waals surface area contributed by atoms with Gasteiger partial charge in [-0.2, -0.15) is 5.10 Å². The first-order chi connectivity index (χ1) is 16.6. The van der Waals surface area contributed by atoms with Gasteiger partial charge in [0.2, 0.25) is 11.8 Å². The van der Waals surface area contributed by atoms with Crippen molar-refractivity contribution in [2.24, 2.45) is 5.92 Å². The first kappa shape index (κ1) is 21.0. The predicted molar refractivity (Wildman–Crippen MR) is 131 cm³/mol. The Labute approximate surface area is 200 Å². The van der Waals surface area contributed by atoms with E-state index in [1.165, 1.54) is 10.4 Å². The minimum absolute atomic E-state index is 0.0164. The third-order valence-electron chi connectivity index (χ3n) is 6.93. The van der Waals surface area contributed by atoms with Crippen molar-refractivity contribution in [1.29, 1.82) is 0 Å². The number of aromatic amines is 1. The van der Waals surface area contributed by atoms with Gasteiger partial charge >= 0.3 is 0 Å². The Morgan fingerprint density at radius 3 is 2.79 bits per heavy atom. The Kier molecular flexibility index (Phi) is 5.17. The number of aryl methyl sites for hydroxylation is 1. The van der Waals surface area contributed by atoms with Crippen LogP contribution in [0.3, 0.4) is 0 Å². The van der Waals surface area contributed by atoms with Crippen molar-refractivity contribution in [3.05, 3.63) is 41.2 Å². The van der Waals surface area contributed by atoms with Gasteiger partial charge in [-0.15, -0.1) is 11.3 Å². The largest absolute Gasteiger partial charge is 0.340 e. The quantitative estimate of drug-likeness (QED) is 0.472. The van der Waals surface area contributed by atoms with Crippen molar-refractivity contribution < 1.29 is 9.59 Å². The Morgan fingerprint density at radius 2 is 1.97 bits per heavy atom. The summed E-state index contributed by atoms with van der Waals surface area (Å²) in [7, 11) is 0. The number of H-pyrrole nitrogens is 1. The van der Waals surface area contributed by atoms with E-state index in [1.807, 2.05) is 28.0 Å². The highest BCUT2D eigenvalue weighted by molar-refractivity contribution is 7.19. The molecule has 1 aromatic carbocycles. The third-order valence-corrected chi connectivity index (χ3v) is 8.10. The molecular formula is C24H25N7O2S. The Hall–Kier alpha value is -3.53. The van der Waals surface area contributed by atoms with E-state index in [2.05, 4.69) is 25.5 Å². The minimum Gasteiger partial charge on any atom is -0.340 e. The van der Waals surface area contributed by atoms with Crippen LogP contribution in [0.4, 0.5) is 11.5 Å². The summed E-state index contributed by atoms with van der Waals surface area (Å²) in [5, 5.41) is 12.6. The van der Waals surface area contributed by atoms with Gasteiger partial charge in [0, 0.05) is 55.0 Å². The fourth-order valence-electron chi connectivity index (χ4n) is 5.07. The Balaban J connectivity index is 1.23. The van der Waals surface area contributed by atoms with Crippen molar-refractivity contribution in [3.8, 4) is 0 Å². The molecule has 1 atom stereocenters. The number of carbonyl (C=O) groups excluding carboxylic acids is 2. The van der Waals surface area contributed by atoms with Crippen molar-refractivity contribution in [2.45, 2.75) is 26.2 Å². The van der Waals surface area contributed by atoms with Crippen LogP contribution in [0.2, 0.25) is 0 Å². The number of aromatic nitrogens is 4. The van der Waals surface area contributed by atoms with Crippen molar-refractivity contribution in [3.63, 3.8) is 0 Å². The average molecular weight is 476 g/mol. The second kappa shape index (κ2) is 8.35. The number of piperazine rings is 1. The summed E-state index contributed by atoms with van der Waals surface area (Å²) in [5.74, 6) is 1.08. The zero-order chi connectivity index (χ0) is 23.2. The molecule has 0 spiro atoms. The number of anilines is 2. The number of carbonyl (C=O) groups is 2. The summed E-state index contributed by atoms with van der Waals surface area (Å²) in [4.78, 5) is 39.8. The van der Waals surface area contributed by atoms with Gasteiger partial charge in [-0.1, -0.05) is 0 Å². The highest BCUT2D eigenvalue weighted by Crippen LogP contribution is 2.41. The van der Waals surface area contributed by atoms with Crippen LogP contribution in [0, 0.1) is 5.92 Å². The lowest BCUT2D eigenvalue weighted by Gasteiger charge is -2.36. The van der Waals surface area contributed by atoms with Crippen molar-refractivity contribution >= 4 is 55.8 Å². The van der Waals surface area contributed by atoms with Gasteiger partial charge in [0.15, 0.2) is 0 Å². The molecule has 4 heterocycles. The summed E-state index contributed by atoms with van der Waals surface area (Å²) < 4.78 is 0. The lowest BCUT2D eigenvalue weighted by Crippen LogP contribution is -2.51. The maximum Gasteiger partial charge on any atom is 0.226 e. The summed E-state index contributed by atoms with van der Waals surface area (Å²) in [6.07, 6.45) is 5.80. The third kappa shape index (κ3) is 3.67. The van der Waals surface area contributed by atoms with Gasteiger partial charge < -0.3 is 15.1 Å². The Bertz CT molecular complexity index is 1400. The Morgan fingerprint density at radius 1 is 1.15 bits per heavy atom. The monoisotopic (exact) mass is 475 g/mol. The van der Waals surface area contributed by atoms with Crippen molar-refractivity contribution in [1.82, 2.24) is 30.0 Å². The van der Waals surface area contributed by atoms with Gasteiger partial charge in [0.25, 0.3) is 0 Å². The molecule has 1 fully saturated rings. The second-order valence-corrected chi connectivity index (χ2v) is 10.1. The summed E-state index contributed by atoms with van der Waals surface area (Å²) >= 11 is 1.67. The molecule has 0 radical (unpaired) electrons. The zero-order valence-corrected chi connectivity index (χ0v) is 19.7. The molecule has 174 valence electrons. The number of hydrogen-bond acceptors (Lipinski definition) is 7. The van der Waals surface area contributed by atoms with Gasteiger partial charge in [0.1, 0.15) is 17.0 Å². The summed E-state index contributed by atoms with van der Waals surface area (Å²) in [5.41, 5.74) is 3.20. The standard InChI is InChI=1S/C24H25N7O2S/c1-14(32)30-6-8-31(9-7-30)24(33)15-2-4-18-20(11-15)34-23-21(18)22(25-13-26-23)28-17-3-5-19-16(10-17)12-27-29-19/h3,5,10,12-13,15H,2,4,6-9,11H2,1H3,(H,27,29)(H,25,26,28)/t15-/m0/s1. The van der Waals surface area contributed by atoms with Crippen LogP contribution in [0.1, 0.15) is 23.8 Å². The maximum atomic E-state index is 13.2. The molecule has 4 aromatic rings. The highest BCUT2D eigenvalue weighted by Gasteiger charge is 2.33. The van der Waals surface area contributed by atoms with Gasteiger partial charge in [-0.05, 0) is 43.0 Å². The molecule has 6 rings (SSSR count). The molecule has 2 amide bonds. The van der Waals surface area contributed by atoms with Crippen LogP contribution >= 0.6 is 11.3 Å². The molecule has 34 heavy (non-hydrogen) atoms. The smallest absolute Gasteiger partial charge is 0.226 e. The number of nitrogens with zero attached hydrogens (tertiary/aromatic N) is 5. The van der Waals surface area contributed by atoms with Crippen LogP contribution in [-0.4, -0.2) is 68.0 Å². The normalized spacial score (nSPS) is 18.3. The predicted octanol–water partition coefficient (Wildman–Crippen LogP) is 3.11. The molecule has 1 aliphatic carbocycles. The molecule has 2 aliphatic rings. The topological polar surface area (TPSA) is 107 Å². The molecule has 10 heteroatoms. The minimum atomic E-state index is -0.0164. The molecule has 1 aliphatic heterocycles. The molecule has 2 N–H and O–H groups in total. The van der Waals surface area contributed by atoms with Crippen LogP contribution < -0.4 is 5.32 Å². The fourth-order valence-corrected chi connectivity index (χ4v) is 6.34. The first-order valence-corrected chi connectivity index (χ1v) is 12.4. The first-order valence-electron chi connectivity index (χ1n) is 11.6. The zero-order valence-electron chi connectivity index (χ0n) is 18.9. The number of thiophene rings is 1. The van der Waals surface area contributed by atoms with E-state index < -0.39 is 0 Å². The molecule has 0 unspecified atom stereocenters. The molecule has 9 nitrogen and oxygen atoms in total. The second-order valence-electron chi connectivity index (χ2n) is 8.97. The average Bonchev–Trinajstić information content (AvgIpc) is 3.47. The SMILES string of the molecule is CC(=O)N1CCN(C(=O)[C@H]2CCc3c(sc4ncnc(Nc5ccc6[nH]ncc6c5)c34)C2)CC1. The molecule has 3 aromatic heterocycles. The van der Waals surface area contributed by atoms with Crippen LogP contribution in [0.15, 0.2) is 30.7 Å². The number of nitrogens with one attached hydrogen (secondary N) is 2. The fraction of sp³-hybridized carbons (Fsp3) is 0.375. The van der Waals surface area contributed by atoms with E-state index in [1.54, 1.807) is 30.8 Å². The molecule has 0 bridgehead atoms. The van der Waals surface area contributed by atoms with Crippen molar-refractivity contribution in [2.75, 3.05) is 31.5 Å². The van der Waals surface area contributed by atoms with E-state index in [4.69, 9.17) is 0 Å². The number of hydrogen-bond donors (Lipinski definition) is 2. The molecular weight excluding hydrogens is 450 g/mol. The summed E-state index contributed by atoms with van der Waals surface area (Å²) in [6, 6.07) is 6.05. The number of benzene rings is 1. The lowest BCUT2D eigenvalue weighted by atomic mass is 9.86. The van der Waals surface area contributed by atoms with E-state index >= 15 is 0 Å². The van der Waals surface area contributed by atoms with Gasteiger partial charge in [0.05, 0.1) is 17.1 Å². The van der Waals surface area contributed by atoms with E-state index in [9.17, 15) is 9.59 Å².